The van der Waals surface area contributed by atoms with Gasteiger partial charge in [-0.15, -0.1) is 11.3 Å². The van der Waals surface area contributed by atoms with Crippen LogP contribution in [0.15, 0.2) is 36.0 Å². The van der Waals surface area contributed by atoms with Gasteiger partial charge in [-0.05, 0) is 35.7 Å². The van der Waals surface area contributed by atoms with E-state index in [0.717, 1.165) is 11.6 Å². The maximum atomic E-state index is 6.26. The van der Waals surface area contributed by atoms with E-state index < -0.39 is 0 Å². The van der Waals surface area contributed by atoms with E-state index in [1.165, 1.54) is 10.4 Å². The van der Waals surface area contributed by atoms with Crippen LogP contribution in [0.3, 0.4) is 0 Å². The van der Waals surface area contributed by atoms with E-state index in [2.05, 4.69) is 36.3 Å². The zero-order chi connectivity index (χ0) is 13.0. The van der Waals surface area contributed by atoms with E-state index in [4.69, 9.17) is 11.6 Å². The van der Waals surface area contributed by atoms with E-state index in [-0.39, 0.29) is 6.04 Å². The van der Waals surface area contributed by atoms with E-state index in [1.807, 2.05) is 23.8 Å². The first-order valence-corrected chi connectivity index (χ1v) is 7.36. The highest BCUT2D eigenvalue weighted by molar-refractivity contribution is 7.10. The van der Waals surface area contributed by atoms with Crippen molar-refractivity contribution in [2.45, 2.75) is 25.8 Å². The zero-order valence-electron chi connectivity index (χ0n) is 10.6. The van der Waals surface area contributed by atoms with Crippen molar-refractivity contribution < 1.29 is 0 Å². The first-order valence-electron chi connectivity index (χ1n) is 6.10. The van der Waals surface area contributed by atoms with Gasteiger partial charge in [-0.25, -0.2) is 0 Å². The highest BCUT2D eigenvalue weighted by Crippen LogP contribution is 2.37. The molecule has 18 heavy (non-hydrogen) atoms. The molecule has 0 bridgehead atoms. The van der Waals surface area contributed by atoms with E-state index in [1.54, 1.807) is 11.3 Å². The Morgan fingerprint density at radius 2 is 2.06 bits per heavy atom. The number of rotatable bonds is 5. The molecular weight excluding hydrogens is 264 g/mol. The molecule has 4 heteroatoms. The molecule has 0 fully saturated rings. The molecule has 0 saturated carbocycles. The number of nitrogens with zero attached hydrogens (tertiary/aromatic N) is 1. The lowest BCUT2D eigenvalue weighted by molar-refractivity contribution is 0.486. The fraction of sp³-hybridized carbons (Fsp3) is 0.357. The third-order valence-electron chi connectivity index (χ3n) is 3.08. The van der Waals surface area contributed by atoms with Gasteiger partial charge in [0.25, 0.3) is 0 Å². The molecule has 0 aromatic carbocycles. The number of hydrogen-bond donors (Lipinski definition) is 1. The highest BCUT2D eigenvalue weighted by Gasteiger charge is 2.23. The number of halogens is 1. The number of pyridine rings is 1. The molecule has 2 aromatic heterocycles. The van der Waals surface area contributed by atoms with Gasteiger partial charge >= 0.3 is 0 Å². The Hall–Kier alpha value is -0.900. The number of hydrogen-bond acceptors (Lipinski definition) is 3. The number of aromatic nitrogens is 1. The molecule has 0 aliphatic heterocycles. The van der Waals surface area contributed by atoms with Crippen LogP contribution in [0.25, 0.3) is 0 Å². The summed E-state index contributed by atoms with van der Waals surface area (Å²) in [5, 5.41) is 6.43. The van der Waals surface area contributed by atoms with Gasteiger partial charge in [-0.2, -0.15) is 0 Å². The third-order valence-corrected chi connectivity index (χ3v) is 4.52. The lowest BCUT2D eigenvalue weighted by atomic mass is 9.93. The Kier molecular flexibility index (Phi) is 4.75. The second kappa shape index (κ2) is 6.32. The van der Waals surface area contributed by atoms with E-state index >= 15 is 0 Å². The van der Waals surface area contributed by atoms with Gasteiger partial charge < -0.3 is 5.32 Å². The average molecular weight is 281 g/mol. The third kappa shape index (κ3) is 2.91. The fourth-order valence-electron chi connectivity index (χ4n) is 2.10. The van der Waals surface area contributed by atoms with Crippen molar-refractivity contribution in [1.82, 2.24) is 10.3 Å². The summed E-state index contributed by atoms with van der Waals surface area (Å²) in [6, 6.07) is 6.35. The summed E-state index contributed by atoms with van der Waals surface area (Å²) in [7, 11) is 0. The Labute approximate surface area is 117 Å². The summed E-state index contributed by atoms with van der Waals surface area (Å²) in [6.45, 7) is 5.26. The Balaban J connectivity index is 2.28. The molecule has 0 aliphatic carbocycles. The predicted molar refractivity (Wildman–Crippen MR) is 78.4 cm³/mol. The Bertz CT molecular complexity index is 484. The average Bonchev–Trinajstić information content (AvgIpc) is 2.82. The lowest BCUT2D eigenvalue weighted by Crippen LogP contribution is -2.25. The fourth-order valence-corrected chi connectivity index (χ4v) is 3.46. The summed E-state index contributed by atoms with van der Waals surface area (Å²) >= 11 is 7.97. The van der Waals surface area contributed by atoms with Gasteiger partial charge in [-0.1, -0.05) is 25.4 Å². The summed E-state index contributed by atoms with van der Waals surface area (Å²) in [5.41, 5.74) is 1.28. The molecule has 1 N–H and O–H groups in total. The predicted octanol–water partition coefficient (Wildman–Crippen LogP) is 4.25. The second-order valence-electron chi connectivity index (χ2n) is 4.24. The molecule has 2 aromatic rings. The summed E-state index contributed by atoms with van der Waals surface area (Å²) < 4.78 is 0. The topological polar surface area (TPSA) is 24.9 Å². The molecule has 0 radical (unpaired) electrons. The molecule has 2 heterocycles. The van der Waals surface area contributed by atoms with Crippen molar-refractivity contribution in [2.75, 3.05) is 6.54 Å². The van der Waals surface area contributed by atoms with Crippen molar-refractivity contribution in [2.24, 2.45) is 0 Å². The lowest BCUT2D eigenvalue weighted by Gasteiger charge is -2.24. The molecule has 0 saturated heterocycles. The van der Waals surface area contributed by atoms with Crippen molar-refractivity contribution in [3.63, 3.8) is 0 Å². The van der Waals surface area contributed by atoms with Gasteiger partial charge in [0.15, 0.2) is 0 Å². The molecule has 0 spiro atoms. The van der Waals surface area contributed by atoms with Crippen LogP contribution in [0.4, 0.5) is 0 Å². The summed E-state index contributed by atoms with van der Waals surface area (Å²) in [5.74, 6) is 0.365. The first kappa shape index (κ1) is 13.5. The van der Waals surface area contributed by atoms with Crippen LogP contribution < -0.4 is 5.32 Å². The summed E-state index contributed by atoms with van der Waals surface area (Å²) in [4.78, 5) is 5.28. The van der Waals surface area contributed by atoms with Gasteiger partial charge in [0.05, 0.1) is 5.02 Å². The molecular formula is C14H17ClN2S. The van der Waals surface area contributed by atoms with E-state index in [0.29, 0.717) is 5.92 Å². The van der Waals surface area contributed by atoms with Gasteiger partial charge in [0, 0.05) is 29.2 Å². The van der Waals surface area contributed by atoms with E-state index in [9.17, 15) is 0 Å². The van der Waals surface area contributed by atoms with Crippen LogP contribution in [0, 0.1) is 0 Å². The number of thiophene rings is 1. The van der Waals surface area contributed by atoms with Gasteiger partial charge in [0.1, 0.15) is 0 Å². The van der Waals surface area contributed by atoms with Crippen LogP contribution in [0.1, 0.15) is 36.2 Å². The Morgan fingerprint density at radius 3 is 2.61 bits per heavy atom. The minimum Gasteiger partial charge on any atom is -0.309 e. The van der Waals surface area contributed by atoms with Crippen molar-refractivity contribution in [1.29, 1.82) is 0 Å². The molecule has 2 rings (SSSR count). The van der Waals surface area contributed by atoms with Crippen LogP contribution in [-0.2, 0) is 0 Å². The molecule has 96 valence electrons. The SMILES string of the molecule is CCNC(c1sccc1Cl)C(C)c1ccncc1. The smallest absolute Gasteiger partial charge is 0.0561 e. The molecule has 2 atom stereocenters. The molecule has 0 aliphatic rings. The normalized spacial score (nSPS) is 14.4. The zero-order valence-corrected chi connectivity index (χ0v) is 12.1. The largest absolute Gasteiger partial charge is 0.309 e. The maximum absolute atomic E-state index is 6.26. The number of likely N-dealkylation sites (N-methyl/N-ethyl adjacent to an activating group) is 1. The van der Waals surface area contributed by atoms with Crippen molar-refractivity contribution in [3.8, 4) is 0 Å². The molecule has 2 nitrogen and oxygen atoms in total. The van der Waals surface area contributed by atoms with Crippen LogP contribution in [0.5, 0.6) is 0 Å². The van der Waals surface area contributed by atoms with Crippen LogP contribution in [-0.4, -0.2) is 11.5 Å². The van der Waals surface area contributed by atoms with Crippen molar-refractivity contribution >= 4 is 22.9 Å². The van der Waals surface area contributed by atoms with Gasteiger partial charge in [0.2, 0.25) is 0 Å². The second-order valence-corrected chi connectivity index (χ2v) is 5.59. The quantitative estimate of drug-likeness (QED) is 0.886. The monoisotopic (exact) mass is 280 g/mol. The Morgan fingerprint density at radius 1 is 1.33 bits per heavy atom. The van der Waals surface area contributed by atoms with Crippen LogP contribution >= 0.6 is 22.9 Å². The summed E-state index contributed by atoms with van der Waals surface area (Å²) in [6.07, 6.45) is 3.68. The minimum atomic E-state index is 0.255. The first-order chi connectivity index (χ1) is 8.74. The van der Waals surface area contributed by atoms with Crippen molar-refractivity contribution in [3.05, 3.63) is 51.4 Å². The van der Waals surface area contributed by atoms with Gasteiger partial charge in [-0.3, -0.25) is 4.98 Å². The maximum Gasteiger partial charge on any atom is 0.0561 e. The van der Waals surface area contributed by atoms with Crippen LogP contribution in [0.2, 0.25) is 5.02 Å². The number of nitrogens with one attached hydrogen (secondary N) is 1. The highest BCUT2D eigenvalue weighted by atomic mass is 35.5. The molecule has 0 amide bonds. The minimum absolute atomic E-state index is 0.255. The molecule has 2 unspecified atom stereocenters. The standard InChI is InChI=1S/C14H17ClN2S/c1-3-17-13(14-12(15)6-9-18-14)10(2)11-4-7-16-8-5-11/h4-10,13,17H,3H2,1-2H3.